The Balaban J connectivity index is 2.10. The molecule has 1 N–H and O–H groups in total. The molecule has 2 rings (SSSR count). The second kappa shape index (κ2) is 5.35. The third-order valence-corrected chi connectivity index (χ3v) is 4.58. The van der Waals surface area contributed by atoms with Gasteiger partial charge in [-0.25, -0.2) is 0 Å². The first-order valence-electron chi connectivity index (χ1n) is 7.14. The van der Waals surface area contributed by atoms with Gasteiger partial charge in [-0.3, -0.25) is 9.59 Å². The summed E-state index contributed by atoms with van der Waals surface area (Å²) in [6.07, 6.45) is 5.80. The van der Waals surface area contributed by atoms with Crippen LogP contribution in [0.4, 0.5) is 0 Å². The molecule has 0 radical (unpaired) electrons. The smallest absolute Gasteiger partial charge is 0.246 e. The SMILES string of the molecule is CNC(=O)[C@H]1CCC[C@]12CCN(C(=O)C=C(C)C)C2. The largest absolute Gasteiger partial charge is 0.359 e. The van der Waals surface area contributed by atoms with E-state index in [1.807, 2.05) is 18.7 Å². The molecule has 1 heterocycles. The Morgan fingerprint density at radius 3 is 2.68 bits per heavy atom. The lowest BCUT2D eigenvalue weighted by atomic mass is 9.76. The summed E-state index contributed by atoms with van der Waals surface area (Å²) in [5.74, 6) is 0.329. The van der Waals surface area contributed by atoms with Crippen molar-refractivity contribution < 1.29 is 9.59 Å². The van der Waals surface area contributed by atoms with Gasteiger partial charge in [0.1, 0.15) is 0 Å². The van der Waals surface area contributed by atoms with Gasteiger partial charge in [0.25, 0.3) is 0 Å². The molecule has 1 aliphatic carbocycles. The summed E-state index contributed by atoms with van der Waals surface area (Å²) in [7, 11) is 1.70. The minimum Gasteiger partial charge on any atom is -0.359 e. The zero-order chi connectivity index (χ0) is 14.0. The van der Waals surface area contributed by atoms with E-state index in [1.54, 1.807) is 13.1 Å². The maximum Gasteiger partial charge on any atom is 0.246 e. The highest BCUT2D eigenvalue weighted by Crippen LogP contribution is 2.49. The Bertz CT molecular complexity index is 412. The summed E-state index contributed by atoms with van der Waals surface area (Å²) in [5.41, 5.74) is 1.06. The highest BCUT2D eigenvalue weighted by Gasteiger charge is 2.50. The molecule has 2 fully saturated rings. The van der Waals surface area contributed by atoms with Crippen LogP contribution in [-0.2, 0) is 9.59 Å². The highest BCUT2D eigenvalue weighted by atomic mass is 16.2. The number of carbonyl (C=O) groups is 2. The predicted molar refractivity (Wildman–Crippen MR) is 74.5 cm³/mol. The molecule has 4 heteroatoms. The molecule has 1 aliphatic heterocycles. The van der Waals surface area contributed by atoms with Crippen molar-refractivity contribution in [1.82, 2.24) is 10.2 Å². The van der Waals surface area contributed by atoms with Crippen LogP contribution < -0.4 is 5.32 Å². The van der Waals surface area contributed by atoms with Crippen molar-refractivity contribution in [3.05, 3.63) is 11.6 Å². The zero-order valence-corrected chi connectivity index (χ0v) is 12.2. The number of nitrogens with one attached hydrogen (secondary N) is 1. The standard InChI is InChI=1S/C15H24N2O2/c1-11(2)9-13(18)17-8-7-15(10-17)6-4-5-12(15)14(19)16-3/h9,12H,4-8,10H2,1-3H3,(H,16,19)/t12-,15-/m1/s1. The van der Waals surface area contributed by atoms with Gasteiger partial charge < -0.3 is 10.2 Å². The molecular formula is C15H24N2O2. The van der Waals surface area contributed by atoms with E-state index in [0.29, 0.717) is 0 Å². The van der Waals surface area contributed by atoms with E-state index in [1.165, 1.54) is 0 Å². The van der Waals surface area contributed by atoms with E-state index in [2.05, 4.69) is 5.32 Å². The van der Waals surface area contributed by atoms with Crippen LogP contribution in [0.1, 0.15) is 39.5 Å². The first kappa shape index (κ1) is 14.1. The van der Waals surface area contributed by atoms with Crippen molar-refractivity contribution in [2.75, 3.05) is 20.1 Å². The van der Waals surface area contributed by atoms with Crippen LogP contribution in [0.15, 0.2) is 11.6 Å². The van der Waals surface area contributed by atoms with Gasteiger partial charge in [0.2, 0.25) is 11.8 Å². The molecule has 2 aliphatic rings. The number of carbonyl (C=O) groups excluding carboxylic acids is 2. The quantitative estimate of drug-likeness (QED) is 0.772. The van der Waals surface area contributed by atoms with Crippen LogP contribution in [0, 0.1) is 11.3 Å². The average molecular weight is 264 g/mol. The number of likely N-dealkylation sites (tertiary alicyclic amines) is 1. The van der Waals surface area contributed by atoms with E-state index in [9.17, 15) is 9.59 Å². The summed E-state index contributed by atoms with van der Waals surface area (Å²) in [6.45, 7) is 5.41. The van der Waals surface area contributed by atoms with E-state index in [-0.39, 0.29) is 23.1 Å². The molecule has 19 heavy (non-hydrogen) atoms. The molecule has 4 nitrogen and oxygen atoms in total. The van der Waals surface area contributed by atoms with Crippen LogP contribution in [0.2, 0.25) is 0 Å². The number of nitrogens with zero attached hydrogens (tertiary/aromatic N) is 1. The molecule has 0 aromatic carbocycles. The predicted octanol–water partition coefficient (Wildman–Crippen LogP) is 1.72. The van der Waals surface area contributed by atoms with Crippen molar-refractivity contribution in [2.24, 2.45) is 11.3 Å². The lowest BCUT2D eigenvalue weighted by molar-refractivity contribution is -0.129. The van der Waals surface area contributed by atoms with Crippen LogP contribution in [0.5, 0.6) is 0 Å². The molecule has 0 unspecified atom stereocenters. The normalized spacial score (nSPS) is 29.6. The first-order chi connectivity index (χ1) is 8.98. The number of allylic oxidation sites excluding steroid dienone is 1. The van der Waals surface area contributed by atoms with Crippen LogP contribution in [0.25, 0.3) is 0 Å². The monoisotopic (exact) mass is 264 g/mol. The van der Waals surface area contributed by atoms with Gasteiger partial charge >= 0.3 is 0 Å². The van der Waals surface area contributed by atoms with Gasteiger partial charge in [0.05, 0.1) is 0 Å². The maximum atomic E-state index is 12.1. The minimum atomic E-state index is 0.0330. The number of hydrogen-bond acceptors (Lipinski definition) is 2. The summed E-state index contributed by atoms with van der Waals surface area (Å²) < 4.78 is 0. The molecule has 1 saturated carbocycles. The summed E-state index contributed by atoms with van der Waals surface area (Å²) in [5, 5.41) is 2.78. The highest BCUT2D eigenvalue weighted by molar-refractivity contribution is 5.88. The molecule has 2 atom stereocenters. The van der Waals surface area contributed by atoms with Crippen molar-refractivity contribution in [2.45, 2.75) is 39.5 Å². The fourth-order valence-corrected chi connectivity index (χ4v) is 3.63. The Kier molecular flexibility index (Phi) is 3.97. The third kappa shape index (κ3) is 2.67. The maximum absolute atomic E-state index is 12.1. The molecule has 0 aromatic heterocycles. The van der Waals surface area contributed by atoms with Crippen molar-refractivity contribution in [1.29, 1.82) is 0 Å². The van der Waals surface area contributed by atoms with Gasteiger partial charge in [-0.05, 0) is 33.1 Å². The fourth-order valence-electron chi connectivity index (χ4n) is 3.63. The summed E-state index contributed by atoms with van der Waals surface area (Å²) in [6, 6.07) is 0. The van der Waals surface area contributed by atoms with E-state index in [4.69, 9.17) is 0 Å². The van der Waals surface area contributed by atoms with Crippen molar-refractivity contribution >= 4 is 11.8 Å². The molecule has 1 saturated heterocycles. The number of amides is 2. The number of hydrogen-bond donors (Lipinski definition) is 1. The molecule has 2 amide bonds. The molecule has 106 valence electrons. The van der Waals surface area contributed by atoms with Crippen molar-refractivity contribution in [3.8, 4) is 0 Å². The third-order valence-electron chi connectivity index (χ3n) is 4.58. The summed E-state index contributed by atoms with van der Waals surface area (Å²) >= 11 is 0. The number of rotatable bonds is 2. The molecular weight excluding hydrogens is 240 g/mol. The minimum absolute atomic E-state index is 0.0330. The molecule has 0 bridgehead atoms. The summed E-state index contributed by atoms with van der Waals surface area (Å²) in [4.78, 5) is 26.0. The Hall–Kier alpha value is -1.32. The van der Waals surface area contributed by atoms with Gasteiger partial charge in [-0.1, -0.05) is 12.0 Å². The topological polar surface area (TPSA) is 49.4 Å². The van der Waals surface area contributed by atoms with Crippen LogP contribution in [0.3, 0.4) is 0 Å². The zero-order valence-electron chi connectivity index (χ0n) is 12.2. The first-order valence-corrected chi connectivity index (χ1v) is 7.14. The van der Waals surface area contributed by atoms with Gasteiger partial charge in [-0.2, -0.15) is 0 Å². The lowest BCUT2D eigenvalue weighted by Crippen LogP contribution is -2.40. The van der Waals surface area contributed by atoms with Gasteiger partial charge in [0, 0.05) is 37.5 Å². The lowest BCUT2D eigenvalue weighted by Gasteiger charge is -2.30. The molecule has 1 spiro atoms. The Morgan fingerprint density at radius 1 is 1.32 bits per heavy atom. The fraction of sp³-hybridized carbons (Fsp3) is 0.733. The van der Waals surface area contributed by atoms with E-state index in [0.717, 1.165) is 44.3 Å². The average Bonchev–Trinajstić information content (AvgIpc) is 2.96. The van der Waals surface area contributed by atoms with Crippen molar-refractivity contribution in [3.63, 3.8) is 0 Å². The molecule has 0 aromatic rings. The van der Waals surface area contributed by atoms with Gasteiger partial charge in [0.15, 0.2) is 0 Å². The van der Waals surface area contributed by atoms with E-state index >= 15 is 0 Å². The van der Waals surface area contributed by atoms with Crippen LogP contribution in [-0.4, -0.2) is 36.9 Å². The van der Waals surface area contributed by atoms with Crippen LogP contribution >= 0.6 is 0 Å². The Labute approximate surface area is 115 Å². The Morgan fingerprint density at radius 2 is 2.05 bits per heavy atom. The second-order valence-corrected chi connectivity index (χ2v) is 6.15. The second-order valence-electron chi connectivity index (χ2n) is 6.15. The van der Waals surface area contributed by atoms with E-state index < -0.39 is 0 Å². The van der Waals surface area contributed by atoms with Gasteiger partial charge in [-0.15, -0.1) is 0 Å².